The van der Waals surface area contributed by atoms with Crippen LogP contribution in [0.5, 0.6) is 0 Å². The number of amides is 1. The van der Waals surface area contributed by atoms with Crippen molar-refractivity contribution in [3.05, 3.63) is 47.2 Å². The molecule has 0 saturated heterocycles. The number of allylic oxidation sites excluding steroid dienone is 1. The van der Waals surface area contributed by atoms with Crippen molar-refractivity contribution in [3.63, 3.8) is 0 Å². The van der Waals surface area contributed by atoms with Crippen molar-refractivity contribution >= 4 is 5.91 Å². The lowest BCUT2D eigenvalue weighted by Gasteiger charge is -2.25. The second-order valence-corrected chi connectivity index (χ2v) is 5.14. The minimum absolute atomic E-state index is 0.0808. The first-order valence-corrected chi connectivity index (χ1v) is 6.69. The molecule has 1 heterocycles. The Kier molecular flexibility index (Phi) is 4.57. The zero-order valence-corrected chi connectivity index (χ0v) is 11.7. The number of carbonyl (C=O) groups excluding carboxylic acids is 1. The first-order chi connectivity index (χ1) is 9.90. The minimum Gasteiger partial charge on any atom is -0.488 e. The van der Waals surface area contributed by atoms with E-state index in [9.17, 15) is 18.7 Å². The van der Waals surface area contributed by atoms with Crippen LogP contribution in [0.4, 0.5) is 8.78 Å². The molecule has 0 bridgehead atoms. The number of hydrogen-bond acceptors (Lipinski definition) is 3. The second kappa shape index (κ2) is 6.22. The Hall–Kier alpha value is -1.95. The van der Waals surface area contributed by atoms with Gasteiger partial charge in [0.25, 0.3) is 5.91 Å². The third kappa shape index (κ3) is 3.78. The van der Waals surface area contributed by atoms with Crippen molar-refractivity contribution in [3.8, 4) is 0 Å². The predicted octanol–water partition coefficient (Wildman–Crippen LogP) is 1.98. The summed E-state index contributed by atoms with van der Waals surface area (Å²) < 4.78 is 31.7. The monoisotopic (exact) mass is 297 g/mol. The van der Waals surface area contributed by atoms with Gasteiger partial charge in [-0.25, -0.2) is 8.78 Å². The number of aliphatic hydroxyl groups is 1. The van der Waals surface area contributed by atoms with Gasteiger partial charge in [-0.2, -0.15) is 0 Å². The van der Waals surface area contributed by atoms with Crippen LogP contribution < -0.4 is 5.32 Å². The molecule has 2 rings (SSSR count). The first-order valence-electron chi connectivity index (χ1n) is 6.69. The van der Waals surface area contributed by atoms with Crippen molar-refractivity contribution in [1.82, 2.24) is 5.32 Å². The van der Waals surface area contributed by atoms with Gasteiger partial charge in [-0.15, -0.1) is 0 Å². The zero-order valence-electron chi connectivity index (χ0n) is 11.7. The van der Waals surface area contributed by atoms with Gasteiger partial charge >= 0.3 is 0 Å². The summed E-state index contributed by atoms with van der Waals surface area (Å²) in [5.74, 6) is -1.84. The average Bonchev–Trinajstić information content (AvgIpc) is 2.45. The van der Waals surface area contributed by atoms with Gasteiger partial charge in [-0.05, 0) is 31.9 Å². The maximum Gasteiger partial charge on any atom is 0.286 e. The molecule has 1 atom stereocenters. The van der Waals surface area contributed by atoms with Crippen LogP contribution >= 0.6 is 0 Å². The summed E-state index contributed by atoms with van der Waals surface area (Å²) in [4.78, 5) is 11.8. The average molecular weight is 297 g/mol. The minimum atomic E-state index is -1.65. The van der Waals surface area contributed by atoms with Gasteiger partial charge in [0.15, 0.2) is 5.76 Å². The van der Waals surface area contributed by atoms with Crippen LogP contribution in [-0.2, 0) is 15.1 Å². The standard InChI is InChI=1S/C15H17F2NO3/c1-15(20,11-6-5-10(16)8-12(11)17)9-18-14(19)13-4-2-3-7-21-13/h4-6,8,20H,2-3,7,9H2,1H3,(H,18,19). The summed E-state index contributed by atoms with van der Waals surface area (Å²) in [6.45, 7) is 1.61. The molecule has 1 aromatic rings. The van der Waals surface area contributed by atoms with E-state index < -0.39 is 23.1 Å². The Balaban J connectivity index is 2.03. The molecule has 1 aliphatic rings. The number of ether oxygens (including phenoxy) is 1. The van der Waals surface area contributed by atoms with Crippen molar-refractivity contribution in [2.75, 3.05) is 13.2 Å². The highest BCUT2D eigenvalue weighted by Crippen LogP contribution is 2.23. The van der Waals surface area contributed by atoms with Gasteiger partial charge in [0.1, 0.15) is 17.2 Å². The largest absolute Gasteiger partial charge is 0.488 e. The van der Waals surface area contributed by atoms with Crippen LogP contribution in [0.15, 0.2) is 30.0 Å². The van der Waals surface area contributed by atoms with Crippen LogP contribution in [0.3, 0.4) is 0 Å². The number of halogens is 2. The fourth-order valence-corrected chi connectivity index (χ4v) is 2.08. The highest BCUT2D eigenvalue weighted by atomic mass is 19.1. The summed E-state index contributed by atoms with van der Waals surface area (Å²) in [6, 6.07) is 2.91. The molecule has 4 nitrogen and oxygen atoms in total. The molecule has 21 heavy (non-hydrogen) atoms. The van der Waals surface area contributed by atoms with E-state index in [2.05, 4.69) is 5.32 Å². The van der Waals surface area contributed by atoms with Crippen LogP contribution in [0.1, 0.15) is 25.3 Å². The lowest BCUT2D eigenvalue weighted by Crippen LogP contribution is -2.40. The summed E-state index contributed by atoms with van der Waals surface area (Å²) in [5.41, 5.74) is -1.73. The molecule has 0 spiro atoms. The Morgan fingerprint density at radius 3 is 2.86 bits per heavy atom. The van der Waals surface area contributed by atoms with E-state index in [4.69, 9.17) is 4.74 Å². The highest BCUT2D eigenvalue weighted by Gasteiger charge is 2.28. The molecule has 1 aromatic carbocycles. The quantitative estimate of drug-likeness (QED) is 0.893. The van der Waals surface area contributed by atoms with Gasteiger partial charge in [0.05, 0.1) is 13.2 Å². The maximum absolute atomic E-state index is 13.7. The summed E-state index contributed by atoms with van der Waals surface area (Å²) in [5, 5.41) is 12.8. The van der Waals surface area contributed by atoms with Crippen LogP contribution in [0.25, 0.3) is 0 Å². The third-order valence-electron chi connectivity index (χ3n) is 3.26. The van der Waals surface area contributed by atoms with Crippen molar-refractivity contribution in [1.29, 1.82) is 0 Å². The summed E-state index contributed by atoms with van der Waals surface area (Å²) in [7, 11) is 0. The highest BCUT2D eigenvalue weighted by molar-refractivity contribution is 5.91. The molecule has 2 N–H and O–H groups in total. The van der Waals surface area contributed by atoms with E-state index >= 15 is 0 Å². The van der Waals surface area contributed by atoms with E-state index in [1.807, 2.05) is 0 Å². The fourth-order valence-electron chi connectivity index (χ4n) is 2.08. The smallest absolute Gasteiger partial charge is 0.286 e. The number of benzene rings is 1. The van der Waals surface area contributed by atoms with Crippen LogP contribution in [0, 0.1) is 11.6 Å². The molecule has 0 aromatic heterocycles. The van der Waals surface area contributed by atoms with Crippen LogP contribution in [-0.4, -0.2) is 24.2 Å². The Labute approximate surface area is 121 Å². The zero-order chi connectivity index (χ0) is 15.5. The van der Waals surface area contributed by atoms with Crippen LogP contribution in [0.2, 0.25) is 0 Å². The van der Waals surface area contributed by atoms with E-state index in [1.54, 1.807) is 6.08 Å². The predicted molar refractivity (Wildman–Crippen MR) is 72.2 cm³/mol. The van der Waals surface area contributed by atoms with Crippen molar-refractivity contribution in [2.45, 2.75) is 25.4 Å². The lowest BCUT2D eigenvalue weighted by atomic mass is 9.95. The molecular weight excluding hydrogens is 280 g/mol. The van der Waals surface area contributed by atoms with E-state index in [0.717, 1.165) is 25.0 Å². The van der Waals surface area contributed by atoms with Gasteiger partial charge in [0.2, 0.25) is 0 Å². The molecule has 114 valence electrons. The Bertz CT molecular complexity index is 570. The molecule has 1 aliphatic heterocycles. The Morgan fingerprint density at radius 1 is 1.48 bits per heavy atom. The summed E-state index contributed by atoms with van der Waals surface area (Å²) in [6.07, 6.45) is 3.28. The first kappa shape index (κ1) is 15.4. The number of nitrogens with one attached hydrogen (secondary N) is 1. The fraction of sp³-hybridized carbons (Fsp3) is 0.400. The number of carbonyl (C=O) groups is 1. The van der Waals surface area contributed by atoms with Gasteiger partial charge < -0.3 is 15.2 Å². The molecule has 0 saturated carbocycles. The third-order valence-corrected chi connectivity index (χ3v) is 3.26. The van der Waals surface area contributed by atoms with Gasteiger partial charge in [0, 0.05) is 11.6 Å². The number of rotatable bonds is 4. The normalized spacial score (nSPS) is 17.4. The lowest BCUT2D eigenvalue weighted by molar-refractivity contribution is -0.122. The molecule has 1 unspecified atom stereocenters. The molecule has 0 fully saturated rings. The van der Waals surface area contributed by atoms with E-state index in [0.29, 0.717) is 12.7 Å². The molecular formula is C15H17F2NO3. The molecule has 6 heteroatoms. The topological polar surface area (TPSA) is 58.6 Å². The van der Waals surface area contributed by atoms with E-state index in [1.165, 1.54) is 6.92 Å². The van der Waals surface area contributed by atoms with Crippen molar-refractivity contribution < 1.29 is 23.4 Å². The van der Waals surface area contributed by atoms with Gasteiger partial charge in [-0.1, -0.05) is 6.07 Å². The Morgan fingerprint density at radius 2 is 2.24 bits per heavy atom. The van der Waals surface area contributed by atoms with E-state index in [-0.39, 0.29) is 17.9 Å². The second-order valence-electron chi connectivity index (χ2n) is 5.14. The number of hydrogen-bond donors (Lipinski definition) is 2. The van der Waals surface area contributed by atoms with Gasteiger partial charge in [-0.3, -0.25) is 4.79 Å². The molecule has 1 amide bonds. The van der Waals surface area contributed by atoms with Crippen molar-refractivity contribution in [2.24, 2.45) is 0 Å². The SMILES string of the molecule is CC(O)(CNC(=O)C1=CCCCO1)c1ccc(F)cc1F. The summed E-state index contributed by atoms with van der Waals surface area (Å²) >= 11 is 0. The molecule has 0 radical (unpaired) electrons. The molecule has 0 aliphatic carbocycles. The maximum atomic E-state index is 13.7.